The quantitative estimate of drug-likeness (QED) is 0.150. The van der Waals surface area contributed by atoms with Crippen LogP contribution >= 0.6 is 12.6 Å². The third kappa shape index (κ3) is 8.09. The standard InChI is InChI=1S/C14H26N4O8S/c1-5(20)9(13(24)18-10(6(2)21)14(25)26)17-12(23)8(3-19)16-11(22)7(15)4-27/h5-10,19-21,27H,3-4,15H2,1-2H3,(H,16,22)(H,17,23)(H,18,24)(H,25,26). The van der Waals surface area contributed by atoms with Gasteiger partial charge >= 0.3 is 5.97 Å². The molecule has 9 N–H and O–H groups in total. The van der Waals surface area contributed by atoms with Gasteiger partial charge in [-0.3, -0.25) is 14.4 Å². The number of aliphatic carboxylic acids is 1. The Balaban J connectivity index is 5.16. The van der Waals surface area contributed by atoms with E-state index in [9.17, 15) is 34.5 Å². The Morgan fingerprint density at radius 2 is 1.41 bits per heavy atom. The van der Waals surface area contributed by atoms with Crippen molar-refractivity contribution in [3.63, 3.8) is 0 Å². The zero-order chi connectivity index (χ0) is 21.3. The fourth-order valence-corrected chi connectivity index (χ4v) is 2.01. The average molecular weight is 410 g/mol. The van der Waals surface area contributed by atoms with Gasteiger partial charge in [0.1, 0.15) is 12.1 Å². The first kappa shape index (κ1) is 25.1. The number of carboxylic acids is 1. The molecule has 0 aliphatic heterocycles. The lowest BCUT2D eigenvalue weighted by Gasteiger charge is -2.26. The van der Waals surface area contributed by atoms with E-state index < -0.39 is 66.7 Å². The van der Waals surface area contributed by atoms with Gasteiger partial charge in [0.05, 0.1) is 24.9 Å². The van der Waals surface area contributed by atoms with E-state index in [1.54, 1.807) is 0 Å². The number of hydrogen-bond acceptors (Lipinski definition) is 9. The maximum Gasteiger partial charge on any atom is 0.328 e. The molecule has 6 unspecified atom stereocenters. The summed E-state index contributed by atoms with van der Waals surface area (Å²) in [7, 11) is 0. The van der Waals surface area contributed by atoms with Crippen LogP contribution in [0.15, 0.2) is 0 Å². The van der Waals surface area contributed by atoms with Gasteiger partial charge in [-0.05, 0) is 13.8 Å². The number of aliphatic hydroxyl groups excluding tert-OH is 3. The molecule has 6 atom stereocenters. The summed E-state index contributed by atoms with van der Waals surface area (Å²) in [5, 5.41) is 43.6. The molecular weight excluding hydrogens is 384 g/mol. The molecule has 0 aromatic heterocycles. The molecule has 0 aliphatic rings. The van der Waals surface area contributed by atoms with Crippen LogP contribution in [-0.2, 0) is 19.2 Å². The van der Waals surface area contributed by atoms with E-state index in [2.05, 4.69) is 23.3 Å². The molecule has 13 heteroatoms. The molecule has 0 radical (unpaired) electrons. The number of rotatable bonds is 11. The minimum Gasteiger partial charge on any atom is -0.480 e. The first-order valence-corrected chi connectivity index (χ1v) is 8.56. The van der Waals surface area contributed by atoms with Crippen LogP contribution in [0.3, 0.4) is 0 Å². The van der Waals surface area contributed by atoms with Crippen LogP contribution in [0, 0.1) is 0 Å². The molecule has 156 valence electrons. The van der Waals surface area contributed by atoms with Crippen molar-refractivity contribution in [2.45, 2.75) is 50.2 Å². The lowest BCUT2D eigenvalue weighted by Crippen LogP contribution is -2.61. The topological polar surface area (TPSA) is 211 Å². The minimum atomic E-state index is -1.67. The van der Waals surface area contributed by atoms with Crippen LogP contribution in [0.25, 0.3) is 0 Å². The lowest BCUT2D eigenvalue weighted by molar-refractivity contribution is -0.146. The van der Waals surface area contributed by atoms with Crippen molar-refractivity contribution >= 4 is 36.3 Å². The highest BCUT2D eigenvalue weighted by Gasteiger charge is 2.33. The van der Waals surface area contributed by atoms with E-state index in [1.165, 1.54) is 0 Å². The van der Waals surface area contributed by atoms with Crippen LogP contribution in [0.1, 0.15) is 13.8 Å². The summed E-state index contributed by atoms with van der Waals surface area (Å²) < 4.78 is 0. The second-order valence-electron chi connectivity index (χ2n) is 5.82. The van der Waals surface area contributed by atoms with E-state index in [-0.39, 0.29) is 5.75 Å². The summed E-state index contributed by atoms with van der Waals surface area (Å²) in [6.45, 7) is 1.47. The van der Waals surface area contributed by atoms with Crippen LogP contribution in [0.4, 0.5) is 0 Å². The molecule has 0 aliphatic carbocycles. The van der Waals surface area contributed by atoms with E-state index in [1.807, 2.05) is 5.32 Å². The predicted octanol–water partition coefficient (Wildman–Crippen LogP) is -4.46. The molecular formula is C14H26N4O8S. The highest BCUT2D eigenvalue weighted by molar-refractivity contribution is 7.80. The molecule has 0 rings (SSSR count). The highest BCUT2D eigenvalue weighted by Crippen LogP contribution is 2.00. The maximum atomic E-state index is 12.2. The zero-order valence-corrected chi connectivity index (χ0v) is 15.7. The monoisotopic (exact) mass is 410 g/mol. The van der Waals surface area contributed by atoms with Crippen molar-refractivity contribution in [2.75, 3.05) is 12.4 Å². The first-order chi connectivity index (χ1) is 12.5. The van der Waals surface area contributed by atoms with Crippen LogP contribution in [0.5, 0.6) is 0 Å². The Morgan fingerprint density at radius 3 is 1.78 bits per heavy atom. The third-order valence-corrected chi connectivity index (χ3v) is 3.85. The zero-order valence-electron chi connectivity index (χ0n) is 14.8. The molecule has 0 aromatic carbocycles. The Kier molecular flexibility index (Phi) is 10.9. The first-order valence-electron chi connectivity index (χ1n) is 7.93. The molecule has 0 saturated heterocycles. The second kappa shape index (κ2) is 11.7. The van der Waals surface area contributed by atoms with Gasteiger partial charge in [0.2, 0.25) is 17.7 Å². The van der Waals surface area contributed by atoms with Gasteiger partial charge < -0.3 is 42.1 Å². The van der Waals surface area contributed by atoms with E-state index in [0.29, 0.717) is 0 Å². The Hall–Kier alpha value is -1.93. The van der Waals surface area contributed by atoms with E-state index in [4.69, 9.17) is 10.8 Å². The van der Waals surface area contributed by atoms with Crippen LogP contribution in [0.2, 0.25) is 0 Å². The maximum absolute atomic E-state index is 12.2. The highest BCUT2D eigenvalue weighted by atomic mass is 32.1. The Labute approximate surface area is 160 Å². The minimum absolute atomic E-state index is 0.0137. The normalized spacial score (nSPS) is 17.6. The SMILES string of the molecule is CC(O)C(NC(=O)C(NC(=O)C(CO)NC(=O)C(N)CS)C(C)O)C(=O)O. The summed E-state index contributed by atoms with van der Waals surface area (Å²) in [6, 6.07) is -5.78. The Bertz CT molecular complexity index is 545. The van der Waals surface area contributed by atoms with Crippen LogP contribution < -0.4 is 21.7 Å². The van der Waals surface area contributed by atoms with Crippen molar-refractivity contribution in [2.24, 2.45) is 5.73 Å². The second-order valence-corrected chi connectivity index (χ2v) is 6.19. The number of nitrogens with one attached hydrogen (secondary N) is 3. The molecule has 0 bridgehead atoms. The third-order valence-electron chi connectivity index (χ3n) is 3.46. The number of hydrogen-bond donors (Lipinski definition) is 9. The molecule has 0 saturated carbocycles. The smallest absolute Gasteiger partial charge is 0.328 e. The number of aliphatic hydroxyl groups is 3. The van der Waals surface area contributed by atoms with Crippen molar-refractivity contribution in [1.29, 1.82) is 0 Å². The van der Waals surface area contributed by atoms with Gasteiger partial charge in [0.15, 0.2) is 6.04 Å². The number of amides is 3. The van der Waals surface area contributed by atoms with E-state index in [0.717, 1.165) is 13.8 Å². The van der Waals surface area contributed by atoms with Crippen molar-refractivity contribution in [3.8, 4) is 0 Å². The largest absolute Gasteiger partial charge is 0.480 e. The van der Waals surface area contributed by atoms with Gasteiger partial charge in [-0.1, -0.05) is 0 Å². The van der Waals surface area contributed by atoms with Gasteiger partial charge in [-0.2, -0.15) is 12.6 Å². The fourth-order valence-electron chi connectivity index (χ4n) is 1.85. The fraction of sp³-hybridized carbons (Fsp3) is 0.714. The molecule has 0 aromatic rings. The lowest BCUT2D eigenvalue weighted by atomic mass is 10.1. The van der Waals surface area contributed by atoms with Gasteiger partial charge in [0.25, 0.3) is 0 Å². The van der Waals surface area contributed by atoms with Crippen molar-refractivity contribution < 1.29 is 39.6 Å². The van der Waals surface area contributed by atoms with Crippen LogP contribution in [-0.4, -0.2) is 92.9 Å². The van der Waals surface area contributed by atoms with Crippen molar-refractivity contribution in [1.82, 2.24) is 16.0 Å². The molecule has 27 heavy (non-hydrogen) atoms. The molecule has 12 nitrogen and oxygen atoms in total. The summed E-state index contributed by atoms with van der Waals surface area (Å²) in [5.41, 5.74) is 5.44. The summed E-state index contributed by atoms with van der Waals surface area (Å²) in [4.78, 5) is 47.1. The van der Waals surface area contributed by atoms with E-state index >= 15 is 0 Å². The van der Waals surface area contributed by atoms with Gasteiger partial charge in [-0.15, -0.1) is 0 Å². The van der Waals surface area contributed by atoms with Gasteiger partial charge in [0, 0.05) is 5.75 Å². The molecule has 0 spiro atoms. The van der Waals surface area contributed by atoms with Crippen molar-refractivity contribution in [3.05, 3.63) is 0 Å². The molecule has 0 heterocycles. The Morgan fingerprint density at radius 1 is 0.926 bits per heavy atom. The number of carbonyl (C=O) groups excluding carboxylic acids is 3. The summed E-state index contributed by atoms with van der Waals surface area (Å²) >= 11 is 3.83. The summed E-state index contributed by atoms with van der Waals surface area (Å²) in [5.74, 6) is -4.39. The molecule has 3 amide bonds. The average Bonchev–Trinajstić information content (AvgIpc) is 2.59. The number of thiol groups is 1. The number of carboxylic acid groups (broad SMARTS) is 1. The molecule has 0 fully saturated rings. The summed E-state index contributed by atoms with van der Waals surface area (Å²) in [6.07, 6.45) is -2.89. The number of nitrogens with two attached hydrogens (primary N) is 1. The van der Waals surface area contributed by atoms with Gasteiger partial charge in [-0.25, -0.2) is 4.79 Å². The predicted molar refractivity (Wildman–Crippen MR) is 95.7 cm³/mol. The number of carbonyl (C=O) groups is 4.